The van der Waals surface area contributed by atoms with Crippen LogP contribution in [0.5, 0.6) is 0 Å². The molecule has 0 fully saturated rings. The van der Waals surface area contributed by atoms with Crippen molar-refractivity contribution in [2.45, 2.75) is 30.2 Å². The lowest BCUT2D eigenvalue weighted by molar-refractivity contribution is -0.122. The molecule has 2 atom stereocenters. The van der Waals surface area contributed by atoms with Crippen molar-refractivity contribution in [3.8, 4) is 0 Å². The molecule has 0 saturated carbocycles. The summed E-state index contributed by atoms with van der Waals surface area (Å²) in [5.41, 5.74) is 1.20. The molecule has 1 aromatic carbocycles. The normalized spacial score (nSPS) is 23.3. The van der Waals surface area contributed by atoms with Gasteiger partial charge < -0.3 is 5.32 Å². The van der Waals surface area contributed by atoms with Crippen LogP contribution in [0.2, 0.25) is 0 Å². The van der Waals surface area contributed by atoms with Crippen LogP contribution < -0.4 is 10.4 Å². The minimum Gasteiger partial charge on any atom is -0.339 e. The van der Waals surface area contributed by atoms with E-state index in [0.29, 0.717) is 17.1 Å². The maximum Gasteiger partial charge on any atom is 0.175 e. The second-order valence-electron chi connectivity index (χ2n) is 7.05. The molecule has 5 rings (SSSR count). The summed E-state index contributed by atoms with van der Waals surface area (Å²) in [5.74, 6) is -0.746. The van der Waals surface area contributed by atoms with Gasteiger partial charge in [0.25, 0.3) is 0 Å². The molecular weight excluding hydrogens is 444 g/mol. The predicted molar refractivity (Wildman–Crippen MR) is 119 cm³/mol. The lowest BCUT2D eigenvalue weighted by atomic mass is 9.85. The molecule has 2 unspecified atom stereocenters. The number of fused-ring (bicyclic) bond motifs is 2. The fraction of sp³-hybridized carbons (Fsp3) is 0.211. The number of anilines is 2. The molecule has 4 heterocycles. The first-order valence-corrected chi connectivity index (χ1v) is 12.3. The Kier molecular flexibility index (Phi) is 4.69. The van der Waals surface area contributed by atoms with Gasteiger partial charge in [-0.25, -0.2) is 10.0 Å². The van der Waals surface area contributed by atoms with Crippen molar-refractivity contribution in [3.63, 3.8) is 0 Å². The molecule has 2 aliphatic rings. The third-order valence-corrected chi connectivity index (χ3v) is 8.37. The number of hydroxylamine groups is 1. The summed E-state index contributed by atoms with van der Waals surface area (Å²) < 4.78 is 25.2. The highest BCUT2D eigenvalue weighted by atomic mass is 32.3. The van der Waals surface area contributed by atoms with E-state index in [9.17, 15) is 19.1 Å². The zero-order valence-corrected chi connectivity index (χ0v) is 18.2. The number of aromatic nitrogens is 1. The Bertz CT molecular complexity index is 1170. The first-order valence-electron chi connectivity index (χ1n) is 9.10. The van der Waals surface area contributed by atoms with Gasteiger partial charge in [-0.15, -0.1) is 27.1 Å². The highest BCUT2D eigenvalue weighted by molar-refractivity contribution is 8.23. The van der Waals surface area contributed by atoms with Gasteiger partial charge in [-0.2, -0.15) is 0 Å². The van der Waals surface area contributed by atoms with Crippen LogP contribution in [0.4, 0.5) is 10.7 Å². The van der Waals surface area contributed by atoms with Crippen LogP contribution >= 0.6 is 33.4 Å². The van der Waals surface area contributed by atoms with E-state index in [2.05, 4.69) is 14.7 Å². The fourth-order valence-corrected chi connectivity index (χ4v) is 6.72. The lowest BCUT2D eigenvalue weighted by Crippen LogP contribution is -2.53. The molecule has 30 heavy (non-hydrogen) atoms. The van der Waals surface area contributed by atoms with E-state index in [4.69, 9.17) is 0 Å². The second kappa shape index (κ2) is 7.15. The van der Waals surface area contributed by atoms with E-state index in [1.807, 2.05) is 18.4 Å². The smallest absolute Gasteiger partial charge is 0.175 e. The van der Waals surface area contributed by atoms with Crippen LogP contribution in [0.3, 0.4) is 0 Å². The van der Waals surface area contributed by atoms with Gasteiger partial charge in [0.1, 0.15) is 9.90 Å². The number of thiazole rings is 1. The maximum absolute atomic E-state index is 13.5. The minimum atomic E-state index is -3.49. The molecule has 0 radical (unpaired) electrons. The summed E-state index contributed by atoms with van der Waals surface area (Å²) in [6.45, 7) is 1.91. The Hall–Kier alpha value is -2.28. The minimum absolute atomic E-state index is 0.0192. The van der Waals surface area contributed by atoms with Crippen molar-refractivity contribution in [1.29, 1.82) is 0 Å². The molecular formula is C19H18N4O4S3. The number of aryl methyl sites for hydroxylation is 1. The van der Waals surface area contributed by atoms with Gasteiger partial charge >= 0.3 is 0 Å². The summed E-state index contributed by atoms with van der Waals surface area (Å²) >= 11 is 2.85. The van der Waals surface area contributed by atoms with Crippen molar-refractivity contribution in [2.24, 2.45) is 4.40 Å². The van der Waals surface area contributed by atoms with Gasteiger partial charge in [-0.1, -0.05) is 22.9 Å². The van der Waals surface area contributed by atoms with Gasteiger partial charge in [-0.05, 0) is 42.5 Å². The molecule has 11 heteroatoms. The number of thiophene rings is 1. The van der Waals surface area contributed by atoms with E-state index in [1.165, 1.54) is 22.7 Å². The number of hydrogen-bond acceptors (Lipinski definition) is 10. The van der Waals surface area contributed by atoms with Crippen LogP contribution in [0.25, 0.3) is 0 Å². The zero-order chi connectivity index (χ0) is 21.0. The number of carbonyl (C=O) groups excluding carboxylic acids is 1. The summed E-state index contributed by atoms with van der Waals surface area (Å²) in [6, 6.07) is 7.36. The molecule has 0 bridgehead atoms. The second-order valence-corrected chi connectivity index (χ2v) is 10.9. The number of para-hydroxylation sites is 1. The van der Waals surface area contributed by atoms with Gasteiger partial charge in [0, 0.05) is 11.1 Å². The molecule has 0 amide bonds. The molecule has 4 N–H and O–H groups in total. The van der Waals surface area contributed by atoms with Crippen LogP contribution in [0.1, 0.15) is 21.4 Å². The summed E-state index contributed by atoms with van der Waals surface area (Å²) in [4.78, 5) is 19.0. The SMILES string of the molecule is Cc1ncc(CC2C(=O)C(C3=NS(O)(O)c4ccccc4N3)N(O)c3sccc32)s1. The number of Topliss-reactive ketones (excluding diaryl/α,β-unsaturated/α-hetero) is 1. The van der Waals surface area contributed by atoms with Gasteiger partial charge in [0.05, 0.1) is 16.6 Å². The summed E-state index contributed by atoms with van der Waals surface area (Å²) in [7, 11) is -3.49. The van der Waals surface area contributed by atoms with Crippen LogP contribution in [-0.4, -0.2) is 37.0 Å². The number of benzene rings is 1. The molecule has 0 aliphatic carbocycles. The van der Waals surface area contributed by atoms with Crippen LogP contribution in [0.15, 0.2) is 51.2 Å². The quantitative estimate of drug-likeness (QED) is 0.451. The standard InChI is InChI=1S/C19H18N4O4S3/c1-10-20-9-11(29-10)8-13-12-6-7-28-19(12)23(25)16(17(13)24)18-21-14-4-2-3-5-15(14)30(26,27)22-18/h2-7,9,13,16,25-27H,8H2,1H3,(H,21,22). The largest absolute Gasteiger partial charge is 0.339 e. The average molecular weight is 463 g/mol. The van der Waals surface area contributed by atoms with Crippen LogP contribution in [0, 0.1) is 6.92 Å². The van der Waals surface area contributed by atoms with E-state index >= 15 is 0 Å². The number of rotatable bonds is 3. The third-order valence-electron chi connectivity index (χ3n) is 5.12. The van der Waals surface area contributed by atoms with Crippen molar-refractivity contribution < 1.29 is 19.1 Å². The Morgan fingerprint density at radius 2 is 2.07 bits per heavy atom. The van der Waals surface area contributed by atoms with E-state index in [1.54, 1.807) is 30.5 Å². The number of ketones is 1. The Labute approximate surface area is 182 Å². The van der Waals surface area contributed by atoms with Crippen molar-refractivity contribution in [1.82, 2.24) is 4.98 Å². The van der Waals surface area contributed by atoms with Gasteiger partial charge in [-0.3, -0.25) is 19.1 Å². The molecule has 156 valence electrons. The number of nitrogens with zero attached hydrogens (tertiary/aromatic N) is 3. The van der Waals surface area contributed by atoms with Gasteiger partial charge in [0.2, 0.25) is 0 Å². The first-order chi connectivity index (χ1) is 14.3. The van der Waals surface area contributed by atoms with Gasteiger partial charge in [0.15, 0.2) is 17.7 Å². The van der Waals surface area contributed by atoms with Crippen molar-refractivity contribution >= 4 is 55.8 Å². The Balaban J connectivity index is 1.56. The molecule has 0 saturated heterocycles. The number of nitrogens with one attached hydrogen (secondary N) is 1. The lowest BCUT2D eigenvalue weighted by Gasteiger charge is -2.40. The fourth-order valence-electron chi connectivity index (χ4n) is 3.78. The maximum atomic E-state index is 13.5. The monoisotopic (exact) mass is 462 g/mol. The molecule has 2 aromatic heterocycles. The topological polar surface area (TPSA) is 118 Å². The average Bonchev–Trinajstić information content (AvgIpc) is 3.34. The molecule has 3 aromatic rings. The van der Waals surface area contributed by atoms with E-state index < -0.39 is 22.7 Å². The highest BCUT2D eigenvalue weighted by Gasteiger charge is 2.45. The van der Waals surface area contributed by atoms with E-state index in [-0.39, 0.29) is 16.5 Å². The zero-order valence-electron chi connectivity index (χ0n) is 15.7. The van der Waals surface area contributed by atoms with Crippen molar-refractivity contribution in [3.05, 3.63) is 57.4 Å². The first kappa shape index (κ1) is 19.7. The van der Waals surface area contributed by atoms with Crippen molar-refractivity contribution in [2.75, 3.05) is 10.4 Å². The number of amidine groups is 1. The summed E-state index contributed by atoms with van der Waals surface area (Å²) in [6.07, 6.45) is 2.22. The number of carbonyl (C=O) groups is 1. The molecule has 2 aliphatic heterocycles. The molecule has 8 nitrogen and oxygen atoms in total. The Morgan fingerprint density at radius 1 is 1.27 bits per heavy atom. The highest BCUT2D eigenvalue weighted by Crippen LogP contribution is 2.55. The van der Waals surface area contributed by atoms with E-state index in [0.717, 1.165) is 20.5 Å². The predicted octanol–water partition coefficient (Wildman–Crippen LogP) is 4.53. The number of hydrogen-bond donors (Lipinski definition) is 4. The van der Waals surface area contributed by atoms with Crippen LogP contribution in [-0.2, 0) is 11.2 Å². The third kappa shape index (κ3) is 3.14. The molecule has 0 spiro atoms. The summed E-state index contributed by atoms with van der Waals surface area (Å²) in [5, 5.41) is 18.1. The Morgan fingerprint density at radius 3 is 2.83 bits per heavy atom.